The number of phenolic OH excluding ortho intramolecular Hbond substituents is 1. The zero-order valence-electron chi connectivity index (χ0n) is 19.7. The van der Waals surface area contributed by atoms with Gasteiger partial charge in [-0.15, -0.1) is 0 Å². The van der Waals surface area contributed by atoms with E-state index >= 15 is 0 Å². The number of aliphatic hydroxyl groups is 3. The zero-order chi connectivity index (χ0) is 25.9. The second-order valence-electron chi connectivity index (χ2n) is 9.99. The summed E-state index contributed by atoms with van der Waals surface area (Å²) < 4.78 is 0. The molecule has 3 atom stereocenters. The highest BCUT2D eigenvalue weighted by atomic mass is 16.3. The number of primary amides is 1. The van der Waals surface area contributed by atoms with E-state index in [0.717, 1.165) is 23.1 Å². The Morgan fingerprint density at radius 3 is 2.39 bits per heavy atom. The normalized spacial score (nSPS) is 25.4. The Morgan fingerprint density at radius 2 is 1.72 bits per heavy atom. The van der Waals surface area contributed by atoms with Crippen LogP contribution in [0.2, 0.25) is 0 Å². The number of aliphatic hydroxyl groups excluding tert-OH is 2. The molecule has 0 aliphatic heterocycles. The second kappa shape index (κ2) is 8.34. The molecule has 8 nitrogen and oxygen atoms in total. The van der Waals surface area contributed by atoms with Crippen molar-refractivity contribution in [2.75, 3.05) is 0 Å². The Labute approximate surface area is 207 Å². The van der Waals surface area contributed by atoms with E-state index in [-0.39, 0.29) is 29.7 Å². The van der Waals surface area contributed by atoms with Crippen LogP contribution in [-0.4, -0.2) is 43.5 Å². The predicted molar refractivity (Wildman–Crippen MR) is 129 cm³/mol. The molecule has 186 valence electrons. The average molecular weight is 490 g/mol. The minimum absolute atomic E-state index is 0.0491. The molecule has 0 bridgehead atoms. The van der Waals surface area contributed by atoms with E-state index in [0.29, 0.717) is 18.4 Å². The number of carbonyl (C=O) groups excluding carboxylic acids is 3. The van der Waals surface area contributed by atoms with Crippen LogP contribution in [-0.2, 0) is 28.9 Å². The summed E-state index contributed by atoms with van der Waals surface area (Å²) in [5.74, 6) is -6.19. The van der Waals surface area contributed by atoms with Gasteiger partial charge in [0.2, 0.25) is 5.78 Å². The van der Waals surface area contributed by atoms with Crippen LogP contribution >= 0.6 is 0 Å². The first-order valence-corrected chi connectivity index (χ1v) is 11.9. The maximum Gasteiger partial charge on any atom is 0.255 e. The van der Waals surface area contributed by atoms with E-state index in [9.17, 15) is 34.8 Å². The smallest absolute Gasteiger partial charge is 0.255 e. The van der Waals surface area contributed by atoms with Crippen molar-refractivity contribution in [1.82, 2.24) is 0 Å². The van der Waals surface area contributed by atoms with Crippen LogP contribution in [0.15, 0.2) is 59.1 Å². The number of aromatic hydroxyl groups is 1. The second-order valence-corrected chi connectivity index (χ2v) is 9.99. The van der Waals surface area contributed by atoms with Crippen molar-refractivity contribution in [2.45, 2.75) is 44.6 Å². The van der Waals surface area contributed by atoms with Crippen molar-refractivity contribution >= 4 is 17.5 Å². The SMILES string of the molecule is Cc1ccc(CCc2ccc(O)c3c2C[C@H]2C[C@H]4CC(O)=C(C(N)=O)C(=O)[C@@]4(O)C(O)=C2C3=O)cc1. The third-order valence-electron chi connectivity index (χ3n) is 7.85. The zero-order valence-corrected chi connectivity index (χ0v) is 19.7. The summed E-state index contributed by atoms with van der Waals surface area (Å²) in [6.45, 7) is 2.02. The van der Waals surface area contributed by atoms with Crippen molar-refractivity contribution in [1.29, 1.82) is 0 Å². The lowest BCUT2D eigenvalue weighted by molar-refractivity contribution is -0.144. The fourth-order valence-electron chi connectivity index (χ4n) is 5.95. The van der Waals surface area contributed by atoms with Gasteiger partial charge in [0, 0.05) is 17.9 Å². The lowest BCUT2D eigenvalue weighted by Crippen LogP contribution is -2.57. The van der Waals surface area contributed by atoms with Crippen molar-refractivity contribution < 1.29 is 34.8 Å². The summed E-state index contributed by atoms with van der Waals surface area (Å²) in [6.07, 6.45) is 1.56. The van der Waals surface area contributed by atoms with E-state index in [4.69, 9.17) is 5.73 Å². The molecule has 0 saturated carbocycles. The van der Waals surface area contributed by atoms with E-state index in [1.54, 1.807) is 6.07 Å². The number of hydrogen-bond donors (Lipinski definition) is 5. The summed E-state index contributed by atoms with van der Waals surface area (Å²) >= 11 is 0. The highest BCUT2D eigenvalue weighted by molar-refractivity contribution is 6.24. The molecular formula is C28H27NO7. The van der Waals surface area contributed by atoms with Gasteiger partial charge in [-0.1, -0.05) is 35.9 Å². The van der Waals surface area contributed by atoms with Crippen LogP contribution in [0.5, 0.6) is 5.75 Å². The van der Waals surface area contributed by atoms with Gasteiger partial charge in [0.05, 0.1) is 5.56 Å². The molecule has 0 aromatic heterocycles. The highest BCUT2D eigenvalue weighted by Gasteiger charge is 2.59. The minimum Gasteiger partial charge on any atom is -0.511 e. The van der Waals surface area contributed by atoms with E-state index in [1.165, 1.54) is 6.07 Å². The Kier molecular flexibility index (Phi) is 5.52. The molecule has 1 amide bonds. The van der Waals surface area contributed by atoms with Gasteiger partial charge >= 0.3 is 0 Å². The Balaban J connectivity index is 1.55. The van der Waals surface area contributed by atoms with Gasteiger partial charge in [0.15, 0.2) is 11.4 Å². The number of benzene rings is 2. The van der Waals surface area contributed by atoms with Gasteiger partial charge in [-0.2, -0.15) is 0 Å². The molecule has 0 unspecified atom stereocenters. The first-order valence-electron chi connectivity index (χ1n) is 11.9. The number of allylic oxidation sites excluding steroid dienone is 2. The van der Waals surface area contributed by atoms with Crippen LogP contribution in [0.3, 0.4) is 0 Å². The van der Waals surface area contributed by atoms with Gasteiger partial charge in [0.1, 0.15) is 22.8 Å². The fraction of sp³-hybridized carbons (Fsp3) is 0.321. The lowest BCUT2D eigenvalue weighted by atomic mass is 9.60. The Hall–Kier alpha value is -3.91. The molecule has 0 heterocycles. The molecular weight excluding hydrogens is 462 g/mol. The molecule has 6 N–H and O–H groups in total. The number of fused-ring (bicyclic) bond motifs is 3. The summed E-state index contributed by atoms with van der Waals surface area (Å²) in [5.41, 5.74) is 5.68. The van der Waals surface area contributed by atoms with Crippen molar-refractivity contribution in [3.63, 3.8) is 0 Å². The Morgan fingerprint density at radius 1 is 1.03 bits per heavy atom. The van der Waals surface area contributed by atoms with Crippen LogP contribution in [0.1, 0.15) is 45.5 Å². The standard InChI is InChI=1S/C28H27NO7/c1-13-2-4-14(5-3-13)6-7-15-8-9-19(30)22-18(15)11-16-10-17-12-20(31)23(27(29)35)26(34)28(17,36)25(33)21(16)24(22)32/h2-5,8-9,16-17,30-31,33,36H,6-7,10-12H2,1H3,(H2,29,35)/t16-,17+,28+/m1/s1. The van der Waals surface area contributed by atoms with E-state index in [2.05, 4.69) is 12.1 Å². The van der Waals surface area contributed by atoms with Gasteiger partial charge in [0.25, 0.3) is 5.91 Å². The molecule has 0 spiro atoms. The predicted octanol–water partition coefficient (Wildman–Crippen LogP) is 2.67. The molecule has 0 radical (unpaired) electrons. The number of carbonyl (C=O) groups is 3. The van der Waals surface area contributed by atoms with E-state index in [1.807, 2.05) is 19.1 Å². The first-order chi connectivity index (χ1) is 17.0. The largest absolute Gasteiger partial charge is 0.511 e. The number of ketones is 2. The van der Waals surface area contributed by atoms with Crippen molar-refractivity contribution in [2.24, 2.45) is 17.6 Å². The first kappa shape index (κ1) is 23.8. The molecule has 8 heteroatoms. The number of nitrogens with two attached hydrogens (primary N) is 1. The summed E-state index contributed by atoms with van der Waals surface area (Å²) in [7, 11) is 0. The number of amides is 1. The van der Waals surface area contributed by atoms with Crippen LogP contribution < -0.4 is 5.73 Å². The maximum atomic E-state index is 13.6. The topological polar surface area (TPSA) is 158 Å². The third kappa shape index (κ3) is 3.44. The maximum absolute atomic E-state index is 13.6. The summed E-state index contributed by atoms with van der Waals surface area (Å²) in [6, 6.07) is 11.4. The summed E-state index contributed by atoms with van der Waals surface area (Å²) in [5, 5.41) is 43.3. The van der Waals surface area contributed by atoms with Gasteiger partial charge in [-0.3, -0.25) is 14.4 Å². The number of aryl methyl sites for hydroxylation is 3. The fourth-order valence-corrected chi connectivity index (χ4v) is 5.95. The van der Waals surface area contributed by atoms with Crippen molar-refractivity contribution in [3.8, 4) is 5.75 Å². The Bertz CT molecular complexity index is 1390. The highest BCUT2D eigenvalue weighted by Crippen LogP contribution is 2.51. The molecule has 2 aromatic rings. The lowest BCUT2D eigenvalue weighted by Gasteiger charge is -2.45. The minimum atomic E-state index is -2.55. The van der Waals surface area contributed by atoms with Gasteiger partial charge in [-0.25, -0.2) is 0 Å². The average Bonchev–Trinajstić information content (AvgIpc) is 2.81. The molecule has 5 rings (SSSR count). The number of Topliss-reactive ketones (excluding diaryl/α,β-unsaturated/α-hetero) is 2. The molecule has 3 aliphatic carbocycles. The van der Waals surface area contributed by atoms with Crippen LogP contribution in [0.4, 0.5) is 0 Å². The van der Waals surface area contributed by atoms with Crippen molar-refractivity contribution in [3.05, 3.63) is 86.9 Å². The molecule has 3 aliphatic rings. The molecule has 36 heavy (non-hydrogen) atoms. The quantitative estimate of drug-likeness (QED) is 0.413. The monoisotopic (exact) mass is 489 g/mol. The molecule has 0 saturated heterocycles. The number of hydrogen-bond acceptors (Lipinski definition) is 7. The van der Waals surface area contributed by atoms with Crippen LogP contribution in [0.25, 0.3) is 0 Å². The van der Waals surface area contributed by atoms with E-state index < -0.39 is 52.0 Å². The van der Waals surface area contributed by atoms with Crippen LogP contribution in [0, 0.1) is 18.8 Å². The van der Waals surface area contributed by atoms with Gasteiger partial charge < -0.3 is 26.2 Å². The number of rotatable bonds is 4. The van der Waals surface area contributed by atoms with Gasteiger partial charge in [-0.05, 0) is 61.3 Å². The molecule has 0 fully saturated rings. The summed E-state index contributed by atoms with van der Waals surface area (Å²) in [4.78, 5) is 38.4. The third-order valence-corrected chi connectivity index (χ3v) is 7.85. The number of phenols is 1. The molecule has 2 aromatic carbocycles.